The number of aryl methyl sites for hydroxylation is 1. The molecule has 1 aliphatic heterocycles. The monoisotopic (exact) mass is 494 g/mol. The van der Waals surface area contributed by atoms with Crippen molar-refractivity contribution in [2.75, 3.05) is 20.1 Å². The Labute approximate surface area is 194 Å². The maximum Gasteiger partial charge on any atom is 0.261 e. The number of nitrogens with zero attached hydrogens (tertiary/aromatic N) is 3. The fourth-order valence-corrected chi connectivity index (χ4v) is 4.10. The number of halogens is 1. The zero-order chi connectivity index (χ0) is 22.7. The Hall–Kier alpha value is -3.26. The van der Waals surface area contributed by atoms with Gasteiger partial charge in [0, 0.05) is 42.3 Å². The van der Waals surface area contributed by atoms with Crippen molar-refractivity contribution in [3.8, 4) is 11.3 Å². The van der Waals surface area contributed by atoms with Gasteiger partial charge in [-0.15, -0.1) is 0 Å². The van der Waals surface area contributed by atoms with Gasteiger partial charge in [-0.1, -0.05) is 46.3 Å². The van der Waals surface area contributed by atoms with Gasteiger partial charge in [0.1, 0.15) is 0 Å². The Balaban J connectivity index is 1.24. The summed E-state index contributed by atoms with van der Waals surface area (Å²) in [5.41, 5.74) is 3.73. The molecule has 0 aliphatic carbocycles. The second kappa shape index (κ2) is 9.48. The third-order valence-electron chi connectivity index (χ3n) is 5.55. The van der Waals surface area contributed by atoms with Crippen LogP contribution in [0.5, 0.6) is 0 Å². The normalized spacial score (nSPS) is 12.9. The van der Waals surface area contributed by atoms with Crippen molar-refractivity contribution in [3.05, 3.63) is 75.9 Å². The number of carbonyl (C=O) groups excluding carboxylic acids is 3. The van der Waals surface area contributed by atoms with Gasteiger partial charge in [0.05, 0.1) is 16.8 Å². The number of nitrogens with one attached hydrogen (secondary N) is 1. The van der Waals surface area contributed by atoms with Crippen molar-refractivity contribution in [2.24, 2.45) is 0 Å². The number of amides is 3. The molecular formula is C24H23BrN4O3. The quantitative estimate of drug-likeness (QED) is 0.480. The van der Waals surface area contributed by atoms with E-state index in [2.05, 4.69) is 26.1 Å². The van der Waals surface area contributed by atoms with E-state index in [9.17, 15) is 14.4 Å². The zero-order valence-electron chi connectivity index (χ0n) is 17.7. The van der Waals surface area contributed by atoms with Gasteiger partial charge in [-0.05, 0) is 37.1 Å². The van der Waals surface area contributed by atoms with Crippen LogP contribution in [-0.4, -0.2) is 57.9 Å². The highest BCUT2D eigenvalue weighted by Gasteiger charge is 2.35. The van der Waals surface area contributed by atoms with Gasteiger partial charge in [0.25, 0.3) is 11.8 Å². The van der Waals surface area contributed by atoms with E-state index in [-0.39, 0.29) is 30.7 Å². The Kier molecular flexibility index (Phi) is 6.50. The lowest BCUT2D eigenvalue weighted by molar-refractivity contribution is -0.130. The van der Waals surface area contributed by atoms with Crippen molar-refractivity contribution >= 4 is 33.7 Å². The molecule has 0 saturated heterocycles. The van der Waals surface area contributed by atoms with E-state index in [1.165, 1.54) is 0 Å². The van der Waals surface area contributed by atoms with Crippen LogP contribution in [-0.2, 0) is 11.2 Å². The Morgan fingerprint density at radius 1 is 1.06 bits per heavy atom. The molecule has 0 fully saturated rings. The molecule has 3 amide bonds. The number of aromatic nitrogens is 2. The third-order valence-corrected chi connectivity index (χ3v) is 6.04. The average Bonchev–Trinajstić information content (AvgIpc) is 3.36. The van der Waals surface area contributed by atoms with E-state index in [1.807, 2.05) is 36.4 Å². The van der Waals surface area contributed by atoms with Crippen LogP contribution in [0.15, 0.2) is 59.1 Å². The molecule has 0 saturated carbocycles. The smallest absolute Gasteiger partial charge is 0.261 e. The summed E-state index contributed by atoms with van der Waals surface area (Å²) < 4.78 is 0.739. The van der Waals surface area contributed by atoms with Crippen LogP contribution in [0.4, 0.5) is 0 Å². The number of imide groups is 1. The summed E-state index contributed by atoms with van der Waals surface area (Å²) in [6.45, 7) is 0.654. The van der Waals surface area contributed by atoms with E-state index < -0.39 is 0 Å². The summed E-state index contributed by atoms with van der Waals surface area (Å²) in [6.07, 6.45) is 1.65. The largest absolute Gasteiger partial charge is 0.346 e. The van der Waals surface area contributed by atoms with Crippen LogP contribution in [0.2, 0.25) is 0 Å². The summed E-state index contributed by atoms with van der Waals surface area (Å²) in [4.78, 5) is 40.3. The predicted molar refractivity (Wildman–Crippen MR) is 124 cm³/mol. The standard InChI is InChI=1S/C24H23BrN4O3/c1-28(12-5-8-18-15-21(27-26-18)16-6-3-2-4-7-16)22(30)11-13-29-23(31)19-10-9-17(25)14-20(19)24(29)32/h2-4,6-7,9-10,14-15H,5,8,11-13H2,1H3,(H,26,27). The summed E-state index contributed by atoms with van der Waals surface area (Å²) in [5.74, 6) is -0.797. The van der Waals surface area contributed by atoms with Crippen molar-refractivity contribution in [1.29, 1.82) is 0 Å². The van der Waals surface area contributed by atoms with E-state index in [4.69, 9.17) is 0 Å². The first-order valence-electron chi connectivity index (χ1n) is 10.4. The molecule has 0 bridgehead atoms. The fraction of sp³-hybridized carbons (Fsp3) is 0.250. The SMILES string of the molecule is CN(CCCc1cc(-c2ccccc2)n[nH]1)C(=O)CCN1C(=O)c2ccc(Br)cc2C1=O. The van der Waals surface area contributed by atoms with Crippen LogP contribution in [0.25, 0.3) is 11.3 Å². The molecule has 0 atom stereocenters. The number of carbonyl (C=O) groups is 3. The number of hydrogen-bond donors (Lipinski definition) is 1. The molecule has 2 aromatic carbocycles. The van der Waals surface area contributed by atoms with Crippen LogP contribution in [0.1, 0.15) is 39.3 Å². The van der Waals surface area contributed by atoms with Gasteiger partial charge in [-0.25, -0.2) is 0 Å². The summed E-state index contributed by atoms with van der Waals surface area (Å²) in [7, 11) is 1.74. The lowest BCUT2D eigenvalue weighted by Crippen LogP contribution is -2.35. The zero-order valence-corrected chi connectivity index (χ0v) is 19.3. The molecule has 8 heteroatoms. The third kappa shape index (κ3) is 4.65. The highest BCUT2D eigenvalue weighted by Crippen LogP contribution is 2.26. The molecule has 0 radical (unpaired) electrons. The lowest BCUT2D eigenvalue weighted by Gasteiger charge is -2.19. The fourth-order valence-electron chi connectivity index (χ4n) is 3.74. The first-order valence-corrected chi connectivity index (χ1v) is 11.2. The molecule has 3 aromatic rings. The Morgan fingerprint density at radius 2 is 1.81 bits per heavy atom. The second-order valence-electron chi connectivity index (χ2n) is 7.77. The molecule has 164 valence electrons. The van der Waals surface area contributed by atoms with E-state index in [0.29, 0.717) is 17.7 Å². The number of H-pyrrole nitrogens is 1. The topological polar surface area (TPSA) is 86.4 Å². The van der Waals surface area contributed by atoms with E-state index in [0.717, 1.165) is 39.2 Å². The number of aromatic amines is 1. The number of hydrogen-bond acceptors (Lipinski definition) is 4. The van der Waals surface area contributed by atoms with Crippen LogP contribution >= 0.6 is 15.9 Å². The molecular weight excluding hydrogens is 472 g/mol. The van der Waals surface area contributed by atoms with E-state index in [1.54, 1.807) is 30.1 Å². The summed E-state index contributed by atoms with van der Waals surface area (Å²) >= 11 is 3.32. The van der Waals surface area contributed by atoms with Crippen molar-refractivity contribution in [2.45, 2.75) is 19.3 Å². The molecule has 0 unspecified atom stereocenters. The highest BCUT2D eigenvalue weighted by molar-refractivity contribution is 9.10. The molecule has 2 heterocycles. The minimum Gasteiger partial charge on any atom is -0.346 e. The van der Waals surface area contributed by atoms with Gasteiger partial charge in [0.2, 0.25) is 5.91 Å². The maximum absolute atomic E-state index is 12.5. The second-order valence-corrected chi connectivity index (χ2v) is 8.68. The van der Waals surface area contributed by atoms with Gasteiger partial charge >= 0.3 is 0 Å². The molecule has 32 heavy (non-hydrogen) atoms. The van der Waals surface area contributed by atoms with Crippen molar-refractivity contribution in [1.82, 2.24) is 20.0 Å². The molecule has 1 N–H and O–H groups in total. The number of rotatable bonds is 8. The first kappa shape index (κ1) is 22.0. The molecule has 7 nitrogen and oxygen atoms in total. The minimum absolute atomic E-state index is 0.0775. The number of fused-ring (bicyclic) bond motifs is 1. The highest BCUT2D eigenvalue weighted by atomic mass is 79.9. The van der Waals surface area contributed by atoms with Gasteiger partial charge in [-0.2, -0.15) is 5.10 Å². The molecule has 0 spiro atoms. The van der Waals surface area contributed by atoms with Crippen molar-refractivity contribution < 1.29 is 14.4 Å². The maximum atomic E-state index is 12.5. The summed E-state index contributed by atoms with van der Waals surface area (Å²) in [6, 6.07) is 17.0. The van der Waals surface area contributed by atoms with E-state index >= 15 is 0 Å². The van der Waals surface area contributed by atoms with Crippen LogP contribution in [0, 0.1) is 0 Å². The Bertz CT molecular complexity index is 1160. The summed E-state index contributed by atoms with van der Waals surface area (Å²) in [5, 5.41) is 7.41. The predicted octanol–water partition coefficient (Wildman–Crippen LogP) is 3.92. The first-order chi connectivity index (χ1) is 15.4. The minimum atomic E-state index is -0.352. The number of benzene rings is 2. The van der Waals surface area contributed by atoms with Crippen molar-refractivity contribution in [3.63, 3.8) is 0 Å². The molecule has 1 aliphatic rings. The van der Waals surface area contributed by atoms with Crippen LogP contribution < -0.4 is 0 Å². The van der Waals surface area contributed by atoms with Crippen LogP contribution in [0.3, 0.4) is 0 Å². The molecule has 4 rings (SSSR count). The van der Waals surface area contributed by atoms with Gasteiger partial charge < -0.3 is 4.90 Å². The van der Waals surface area contributed by atoms with Gasteiger partial charge in [0.15, 0.2) is 0 Å². The molecule has 1 aromatic heterocycles. The average molecular weight is 495 g/mol. The van der Waals surface area contributed by atoms with Gasteiger partial charge in [-0.3, -0.25) is 24.4 Å². The lowest BCUT2D eigenvalue weighted by atomic mass is 10.1. The Morgan fingerprint density at radius 3 is 2.59 bits per heavy atom.